The molecule has 2 aromatic rings. The molecule has 0 fully saturated rings. The van der Waals surface area contributed by atoms with Crippen LogP contribution in [0.5, 0.6) is 11.5 Å². The van der Waals surface area contributed by atoms with E-state index >= 15 is 0 Å². The highest BCUT2D eigenvalue weighted by atomic mass is 16.6. The molecule has 0 radical (unpaired) electrons. The summed E-state index contributed by atoms with van der Waals surface area (Å²) in [5.41, 5.74) is 1.70. The van der Waals surface area contributed by atoms with Crippen LogP contribution >= 0.6 is 0 Å². The van der Waals surface area contributed by atoms with Crippen LogP contribution in [0.1, 0.15) is 34.3 Å². The molecular weight excluding hydrogens is 390 g/mol. The number of Topliss-reactive ketones (excluding diaryl/α,β-unsaturated/α-hetero) is 1. The zero-order valence-corrected chi connectivity index (χ0v) is 16.8. The number of nitro groups is 1. The van der Waals surface area contributed by atoms with Gasteiger partial charge in [0.15, 0.2) is 5.78 Å². The third kappa shape index (κ3) is 4.59. The number of methoxy groups -OCH3 is 1. The van der Waals surface area contributed by atoms with Crippen LogP contribution in [0.4, 0.5) is 0 Å². The van der Waals surface area contributed by atoms with Crippen LogP contribution in [-0.2, 0) is 16.0 Å². The second-order valence-corrected chi connectivity index (χ2v) is 6.91. The highest BCUT2D eigenvalue weighted by Crippen LogP contribution is 2.34. The van der Waals surface area contributed by atoms with Crippen molar-refractivity contribution in [3.8, 4) is 11.5 Å². The van der Waals surface area contributed by atoms with E-state index in [2.05, 4.69) is 0 Å². The molecule has 2 aromatic carbocycles. The molecule has 0 aliphatic carbocycles. The molecule has 0 saturated heterocycles. The molecule has 0 saturated carbocycles. The molecule has 0 bridgehead atoms. The highest BCUT2D eigenvalue weighted by Gasteiger charge is 2.40. The monoisotopic (exact) mass is 413 g/mol. The van der Waals surface area contributed by atoms with Gasteiger partial charge in [0, 0.05) is 16.9 Å². The van der Waals surface area contributed by atoms with Crippen molar-refractivity contribution in [2.24, 2.45) is 5.92 Å². The zero-order chi connectivity index (χ0) is 21.7. The number of hydrogen-bond acceptors (Lipinski definition) is 7. The summed E-state index contributed by atoms with van der Waals surface area (Å²) in [5.74, 6) is -2.35. The average molecular weight is 413 g/mol. The van der Waals surface area contributed by atoms with E-state index in [-0.39, 0.29) is 12.2 Å². The SMILES string of the molecule is CCOC(=O)C(C(=O)c1ccc(OC)cc1)C(C[N+](=O)[O-])c1ccc2c(c1)CCO2. The van der Waals surface area contributed by atoms with Gasteiger partial charge in [0.05, 0.1) is 26.2 Å². The molecule has 158 valence electrons. The molecule has 0 amide bonds. The Labute approximate surface area is 173 Å². The van der Waals surface area contributed by atoms with Crippen LogP contribution in [0.2, 0.25) is 0 Å². The summed E-state index contributed by atoms with van der Waals surface area (Å²) in [5, 5.41) is 11.4. The number of esters is 1. The Morgan fingerprint density at radius 2 is 1.93 bits per heavy atom. The van der Waals surface area contributed by atoms with Crippen molar-refractivity contribution >= 4 is 11.8 Å². The third-order valence-electron chi connectivity index (χ3n) is 5.09. The maximum Gasteiger partial charge on any atom is 0.317 e. The van der Waals surface area contributed by atoms with Crippen molar-refractivity contribution in [3.05, 3.63) is 69.3 Å². The molecule has 1 heterocycles. The predicted molar refractivity (Wildman–Crippen MR) is 108 cm³/mol. The lowest BCUT2D eigenvalue weighted by atomic mass is 9.80. The summed E-state index contributed by atoms with van der Waals surface area (Å²) in [6.07, 6.45) is 0.671. The van der Waals surface area contributed by atoms with Crippen molar-refractivity contribution < 1.29 is 28.7 Å². The molecule has 8 heteroatoms. The fourth-order valence-corrected chi connectivity index (χ4v) is 3.62. The summed E-state index contributed by atoms with van der Waals surface area (Å²) in [6, 6.07) is 11.5. The van der Waals surface area contributed by atoms with Crippen LogP contribution in [0, 0.1) is 16.0 Å². The van der Waals surface area contributed by atoms with Gasteiger partial charge in [-0.05, 0) is 48.4 Å². The van der Waals surface area contributed by atoms with Gasteiger partial charge >= 0.3 is 5.97 Å². The third-order valence-corrected chi connectivity index (χ3v) is 5.09. The molecule has 8 nitrogen and oxygen atoms in total. The minimum atomic E-state index is -1.34. The average Bonchev–Trinajstić information content (AvgIpc) is 3.21. The summed E-state index contributed by atoms with van der Waals surface area (Å²) >= 11 is 0. The zero-order valence-electron chi connectivity index (χ0n) is 16.8. The molecular formula is C22H23NO7. The summed E-state index contributed by atoms with van der Waals surface area (Å²) in [7, 11) is 1.50. The fraction of sp³-hybridized carbons (Fsp3) is 0.364. The Kier molecular flexibility index (Phi) is 6.66. The number of rotatable bonds is 9. The highest BCUT2D eigenvalue weighted by molar-refractivity contribution is 6.09. The van der Waals surface area contributed by atoms with Crippen molar-refractivity contribution in [2.75, 3.05) is 26.9 Å². The molecule has 0 aromatic heterocycles. The maximum atomic E-state index is 13.3. The molecule has 0 spiro atoms. The Morgan fingerprint density at radius 3 is 2.57 bits per heavy atom. The van der Waals surface area contributed by atoms with Crippen LogP contribution in [0.25, 0.3) is 0 Å². The second-order valence-electron chi connectivity index (χ2n) is 6.91. The van der Waals surface area contributed by atoms with Gasteiger partial charge in [-0.3, -0.25) is 19.7 Å². The van der Waals surface area contributed by atoms with Gasteiger partial charge < -0.3 is 14.2 Å². The first kappa shape index (κ1) is 21.3. The molecule has 3 rings (SSSR count). The maximum absolute atomic E-state index is 13.3. The number of carbonyl (C=O) groups excluding carboxylic acids is 2. The second kappa shape index (κ2) is 9.39. The van der Waals surface area contributed by atoms with Crippen molar-refractivity contribution in [3.63, 3.8) is 0 Å². The molecule has 30 heavy (non-hydrogen) atoms. The van der Waals surface area contributed by atoms with Crippen LogP contribution in [-0.4, -0.2) is 43.5 Å². The number of carbonyl (C=O) groups is 2. The lowest BCUT2D eigenvalue weighted by Crippen LogP contribution is -2.35. The van der Waals surface area contributed by atoms with Gasteiger partial charge in [0.25, 0.3) is 0 Å². The number of nitrogens with zero attached hydrogens (tertiary/aromatic N) is 1. The normalized spacial score (nSPS) is 14.2. The number of benzene rings is 2. The van der Waals surface area contributed by atoms with E-state index in [0.717, 1.165) is 5.56 Å². The summed E-state index contributed by atoms with van der Waals surface area (Å²) in [4.78, 5) is 37.0. The van der Waals surface area contributed by atoms with Gasteiger partial charge in [0.1, 0.15) is 17.4 Å². The van der Waals surface area contributed by atoms with Crippen LogP contribution in [0.15, 0.2) is 42.5 Å². The Morgan fingerprint density at radius 1 is 1.20 bits per heavy atom. The van der Waals surface area contributed by atoms with Crippen LogP contribution < -0.4 is 9.47 Å². The Bertz CT molecular complexity index is 939. The number of ketones is 1. The fourth-order valence-electron chi connectivity index (χ4n) is 3.62. The van der Waals surface area contributed by atoms with Crippen LogP contribution in [0.3, 0.4) is 0 Å². The minimum Gasteiger partial charge on any atom is -0.497 e. The van der Waals surface area contributed by atoms with E-state index in [1.807, 2.05) is 0 Å². The quantitative estimate of drug-likeness (QED) is 0.205. The van der Waals surface area contributed by atoms with E-state index in [1.165, 1.54) is 19.2 Å². The minimum absolute atomic E-state index is 0.0639. The predicted octanol–water partition coefficient (Wildman–Crippen LogP) is 3.05. The Hall–Kier alpha value is -3.42. The van der Waals surface area contributed by atoms with Crippen molar-refractivity contribution in [1.29, 1.82) is 0 Å². The topological polar surface area (TPSA) is 105 Å². The molecule has 1 aliphatic heterocycles. The largest absolute Gasteiger partial charge is 0.497 e. The number of fused-ring (bicyclic) bond motifs is 1. The van der Waals surface area contributed by atoms with E-state index < -0.39 is 35.1 Å². The summed E-state index contributed by atoms with van der Waals surface area (Å²) in [6.45, 7) is 1.65. The molecule has 2 atom stereocenters. The van der Waals surface area contributed by atoms with E-state index in [9.17, 15) is 19.7 Å². The van der Waals surface area contributed by atoms with E-state index in [0.29, 0.717) is 30.1 Å². The Balaban J connectivity index is 2.03. The van der Waals surface area contributed by atoms with Gasteiger partial charge in [-0.1, -0.05) is 12.1 Å². The standard InChI is InChI=1S/C22H23NO7/c1-3-29-22(25)20(21(24)14-4-7-17(28-2)8-5-14)18(13-23(26)27)15-6-9-19-16(12-15)10-11-30-19/h4-9,12,18,20H,3,10-11,13H2,1-2H3. The lowest BCUT2D eigenvalue weighted by molar-refractivity contribution is -0.484. The van der Waals surface area contributed by atoms with Gasteiger partial charge in [-0.2, -0.15) is 0 Å². The molecule has 1 aliphatic rings. The first-order valence-corrected chi connectivity index (χ1v) is 9.67. The number of hydrogen-bond donors (Lipinski definition) is 0. The van der Waals surface area contributed by atoms with Gasteiger partial charge in [-0.25, -0.2) is 0 Å². The first-order valence-electron chi connectivity index (χ1n) is 9.67. The van der Waals surface area contributed by atoms with Crippen molar-refractivity contribution in [2.45, 2.75) is 19.3 Å². The number of ether oxygens (including phenoxy) is 3. The molecule has 0 N–H and O–H groups in total. The first-order chi connectivity index (χ1) is 14.4. The smallest absolute Gasteiger partial charge is 0.317 e. The van der Waals surface area contributed by atoms with Gasteiger partial charge in [0.2, 0.25) is 6.54 Å². The summed E-state index contributed by atoms with van der Waals surface area (Å²) < 4.78 is 15.7. The van der Waals surface area contributed by atoms with E-state index in [1.54, 1.807) is 37.3 Å². The van der Waals surface area contributed by atoms with E-state index in [4.69, 9.17) is 14.2 Å². The van der Waals surface area contributed by atoms with Crippen molar-refractivity contribution in [1.82, 2.24) is 0 Å². The lowest BCUT2D eigenvalue weighted by Gasteiger charge is -2.23. The molecule has 2 unspecified atom stereocenters. The van der Waals surface area contributed by atoms with Gasteiger partial charge in [-0.15, -0.1) is 0 Å².